The van der Waals surface area contributed by atoms with Gasteiger partial charge >= 0.3 is 0 Å². The van der Waals surface area contributed by atoms with Gasteiger partial charge in [0.15, 0.2) is 0 Å². The summed E-state index contributed by atoms with van der Waals surface area (Å²) < 4.78 is 0. The lowest BCUT2D eigenvalue weighted by atomic mass is 10.2. The number of hydrogen-bond acceptors (Lipinski definition) is 3. The van der Waals surface area contributed by atoms with E-state index in [0.29, 0.717) is 0 Å². The van der Waals surface area contributed by atoms with Crippen LogP contribution in [0.4, 0.5) is 5.69 Å². The van der Waals surface area contributed by atoms with Gasteiger partial charge in [-0.3, -0.25) is 10.1 Å². The zero-order valence-electron chi connectivity index (χ0n) is 10.4. The SMILES string of the molecule is Cc1ccccc1NC(=O)C1CSC(C)(C)N1. The molecule has 2 rings (SSSR count). The summed E-state index contributed by atoms with van der Waals surface area (Å²) in [4.78, 5) is 12.1. The number of nitrogens with one attached hydrogen (secondary N) is 2. The first-order valence-electron chi connectivity index (χ1n) is 5.76. The van der Waals surface area contributed by atoms with Crippen molar-refractivity contribution in [2.45, 2.75) is 31.7 Å². The first-order chi connectivity index (χ1) is 7.98. The first kappa shape index (κ1) is 12.5. The van der Waals surface area contributed by atoms with Gasteiger partial charge < -0.3 is 5.32 Å². The van der Waals surface area contributed by atoms with Crippen LogP contribution in [0.2, 0.25) is 0 Å². The van der Waals surface area contributed by atoms with Gasteiger partial charge in [-0.15, -0.1) is 11.8 Å². The van der Waals surface area contributed by atoms with E-state index in [1.165, 1.54) is 0 Å². The predicted octanol–water partition coefficient (Wildman–Crippen LogP) is 2.37. The minimum Gasteiger partial charge on any atom is -0.324 e. The molecule has 17 heavy (non-hydrogen) atoms. The van der Waals surface area contributed by atoms with Gasteiger partial charge in [0.2, 0.25) is 5.91 Å². The molecule has 92 valence electrons. The summed E-state index contributed by atoms with van der Waals surface area (Å²) in [6, 6.07) is 7.73. The van der Waals surface area contributed by atoms with Gasteiger partial charge in [0, 0.05) is 11.4 Å². The molecule has 1 amide bonds. The van der Waals surface area contributed by atoms with Crippen molar-refractivity contribution in [2.75, 3.05) is 11.1 Å². The van der Waals surface area contributed by atoms with Gasteiger partial charge in [-0.2, -0.15) is 0 Å². The maximum absolute atomic E-state index is 12.1. The Hall–Kier alpha value is -1.000. The van der Waals surface area contributed by atoms with Crippen LogP contribution in [0.3, 0.4) is 0 Å². The molecule has 1 aliphatic rings. The Morgan fingerprint density at radius 2 is 2.18 bits per heavy atom. The number of anilines is 1. The number of benzene rings is 1. The van der Waals surface area contributed by atoms with E-state index in [1.54, 1.807) is 11.8 Å². The third kappa shape index (κ3) is 3.01. The topological polar surface area (TPSA) is 41.1 Å². The van der Waals surface area contributed by atoms with Crippen LogP contribution < -0.4 is 10.6 Å². The van der Waals surface area contributed by atoms with Crippen molar-refractivity contribution in [1.82, 2.24) is 5.32 Å². The summed E-state index contributed by atoms with van der Waals surface area (Å²) in [5, 5.41) is 6.30. The average molecular weight is 250 g/mol. The number of para-hydroxylation sites is 1. The Bertz CT molecular complexity index is 431. The number of carbonyl (C=O) groups is 1. The van der Waals surface area contributed by atoms with E-state index in [-0.39, 0.29) is 16.8 Å². The monoisotopic (exact) mass is 250 g/mol. The molecule has 0 bridgehead atoms. The highest BCUT2D eigenvalue weighted by Crippen LogP contribution is 2.29. The van der Waals surface area contributed by atoms with Crippen LogP contribution >= 0.6 is 11.8 Å². The Kier molecular flexibility index (Phi) is 3.45. The second kappa shape index (κ2) is 4.70. The highest BCUT2D eigenvalue weighted by atomic mass is 32.2. The Morgan fingerprint density at radius 3 is 2.76 bits per heavy atom. The third-order valence-electron chi connectivity index (χ3n) is 2.85. The fourth-order valence-electron chi connectivity index (χ4n) is 1.87. The molecule has 1 atom stereocenters. The molecule has 0 aromatic heterocycles. The van der Waals surface area contributed by atoms with Crippen LogP contribution in [0.15, 0.2) is 24.3 Å². The maximum atomic E-state index is 12.1. The number of thioether (sulfide) groups is 1. The molecule has 0 saturated carbocycles. The molecule has 1 aromatic rings. The lowest BCUT2D eigenvalue weighted by Crippen LogP contribution is -2.44. The van der Waals surface area contributed by atoms with Gasteiger partial charge in [0.1, 0.15) is 0 Å². The van der Waals surface area contributed by atoms with Gasteiger partial charge in [-0.1, -0.05) is 18.2 Å². The van der Waals surface area contributed by atoms with Crippen molar-refractivity contribution in [3.05, 3.63) is 29.8 Å². The summed E-state index contributed by atoms with van der Waals surface area (Å²) in [5.74, 6) is 0.877. The van der Waals surface area contributed by atoms with Crippen LogP contribution in [0.5, 0.6) is 0 Å². The molecule has 1 aliphatic heterocycles. The fraction of sp³-hybridized carbons (Fsp3) is 0.462. The van der Waals surface area contributed by atoms with Crippen molar-refractivity contribution in [3.8, 4) is 0 Å². The second-order valence-corrected chi connectivity index (χ2v) is 6.47. The number of hydrogen-bond donors (Lipinski definition) is 2. The Balaban J connectivity index is 2.01. The Labute approximate surface area is 106 Å². The molecule has 2 N–H and O–H groups in total. The number of amides is 1. The number of rotatable bonds is 2. The van der Waals surface area contributed by atoms with Gasteiger partial charge in [-0.05, 0) is 32.4 Å². The summed E-state index contributed by atoms with van der Waals surface area (Å²) in [6.07, 6.45) is 0. The van der Waals surface area contributed by atoms with E-state index in [9.17, 15) is 4.79 Å². The molecule has 4 heteroatoms. The van der Waals surface area contributed by atoms with Crippen molar-refractivity contribution >= 4 is 23.4 Å². The van der Waals surface area contributed by atoms with Crippen molar-refractivity contribution in [3.63, 3.8) is 0 Å². The quantitative estimate of drug-likeness (QED) is 0.846. The molecule has 1 saturated heterocycles. The summed E-state index contributed by atoms with van der Waals surface area (Å²) >= 11 is 1.78. The van der Waals surface area contributed by atoms with E-state index in [4.69, 9.17) is 0 Å². The second-order valence-electron chi connectivity index (χ2n) is 4.82. The molecule has 1 heterocycles. The molecular formula is C13H18N2OS. The normalized spacial score (nSPS) is 22.4. The molecular weight excluding hydrogens is 232 g/mol. The largest absolute Gasteiger partial charge is 0.324 e. The lowest BCUT2D eigenvalue weighted by molar-refractivity contribution is -0.117. The Morgan fingerprint density at radius 1 is 1.47 bits per heavy atom. The minimum atomic E-state index is -0.102. The van der Waals surface area contributed by atoms with Crippen LogP contribution in [-0.2, 0) is 4.79 Å². The molecule has 1 unspecified atom stereocenters. The van der Waals surface area contributed by atoms with Crippen LogP contribution in [-0.4, -0.2) is 22.6 Å². The first-order valence-corrected chi connectivity index (χ1v) is 6.75. The maximum Gasteiger partial charge on any atom is 0.242 e. The van der Waals surface area contributed by atoms with Crippen LogP contribution in [0.1, 0.15) is 19.4 Å². The number of carbonyl (C=O) groups excluding carboxylic acids is 1. The molecule has 0 aliphatic carbocycles. The van der Waals surface area contributed by atoms with Crippen molar-refractivity contribution < 1.29 is 4.79 Å². The average Bonchev–Trinajstić information content (AvgIpc) is 2.62. The highest BCUT2D eigenvalue weighted by Gasteiger charge is 2.34. The standard InChI is InChI=1S/C13H18N2OS/c1-9-6-4-5-7-10(9)14-12(16)11-8-17-13(2,3)15-11/h4-7,11,15H,8H2,1-3H3,(H,14,16). The molecule has 1 aromatic carbocycles. The lowest BCUT2D eigenvalue weighted by Gasteiger charge is -2.18. The summed E-state index contributed by atoms with van der Waals surface area (Å²) in [5.41, 5.74) is 1.99. The van der Waals surface area contributed by atoms with Gasteiger partial charge in [-0.25, -0.2) is 0 Å². The zero-order valence-corrected chi connectivity index (χ0v) is 11.2. The fourth-order valence-corrected chi connectivity index (χ4v) is 2.91. The minimum absolute atomic E-state index is 0.00621. The van der Waals surface area contributed by atoms with E-state index in [1.807, 2.05) is 31.2 Å². The molecule has 0 radical (unpaired) electrons. The number of aryl methyl sites for hydroxylation is 1. The van der Waals surface area contributed by atoms with E-state index >= 15 is 0 Å². The van der Waals surface area contributed by atoms with Gasteiger partial charge in [0.05, 0.1) is 10.9 Å². The van der Waals surface area contributed by atoms with E-state index in [0.717, 1.165) is 17.0 Å². The summed E-state index contributed by atoms with van der Waals surface area (Å²) in [7, 11) is 0. The van der Waals surface area contributed by atoms with E-state index < -0.39 is 0 Å². The van der Waals surface area contributed by atoms with Crippen LogP contribution in [0.25, 0.3) is 0 Å². The predicted molar refractivity (Wildman–Crippen MR) is 73.3 cm³/mol. The smallest absolute Gasteiger partial charge is 0.242 e. The molecule has 0 spiro atoms. The molecule has 3 nitrogen and oxygen atoms in total. The van der Waals surface area contributed by atoms with Crippen molar-refractivity contribution in [2.24, 2.45) is 0 Å². The third-order valence-corrected chi connectivity index (χ3v) is 4.19. The van der Waals surface area contributed by atoms with Crippen LogP contribution in [0, 0.1) is 6.92 Å². The van der Waals surface area contributed by atoms with Crippen molar-refractivity contribution in [1.29, 1.82) is 0 Å². The zero-order chi connectivity index (χ0) is 12.5. The van der Waals surface area contributed by atoms with Gasteiger partial charge in [0.25, 0.3) is 0 Å². The van der Waals surface area contributed by atoms with E-state index in [2.05, 4.69) is 24.5 Å². The highest BCUT2D eigenvalue weighted by molar-refractivity contribution is 8.00. The summed E-state index contributed by atoms with van der Waals surface area (Å²) in [6.45, 7) is 6.19. The molecule has 1 fully saturated rings.